The molecule has 1 radical (unpaired) electrons. The van der Waals surface area contributed by atoms with Crippen molar-refractivity contribution in [1.82, 2.24) is 3.71 Å². The van der Waals surface area contributed by atoms with Gasteiger partial charge in [-0.05, 0) is 3.71 Å². The van der Waals surface area contributed by atoms with Crippen LogP contribution in [0.15, 0.2) is 0 Å². The second-order valence-electron chi connectivity index (χ2n) is 0.468. The summed E-state index contributed by atoms with van der Waals surface area (Å²) >= 11 is 9.36. The van der Waals surface area contributed by atoms with Crippen molar-refractivity contribution in [3.05, 3.63) is 0 Å². The van der Waals surface area contributed by atoms with Crippen molar-refractivity contribution in [1.29, 1.82) is 0 Å². The second-order valence-corrected chi connectivity index (χ2v) is 2.69. The number of rotatable bonds is 1. The van der Waals surface area contributed by atoms with Crippen LogP contribution in [0.25, 0.3) is 0 Å². The first-order valence-electron chi connectivity index (χ1n) is 0.921. The van der Waals surface area contributed by atoms with E-state index in [1.807, 2.05) is 0 Å². The molecule has 0 aliphatic rings. The van der Waals surface area contributed by atoms with Crippen LogP contribution in [0.5, 0.6) is 0 Å². The van der Waals surface area contributed by atoms with Gasteiger partial charge in [0.05, 0.1) is 0 Å². The minimum absolute atomic E-state index is 0.176. The second kappa shape index (κ2) is 2.72. The highest BCUT2D eigenvalue weighted by Crippen LogP contribution is 2.25. The molecule has 0 heterocycles. The predicted molar refractivity (Wildman–Crippen MR) is 23.4 cm³/mol. The molecular weight excluding hydrogens is 148 g/mol. The molecule has 0 saturated heterocycles. The Morgan fingerprint density at radius 3 is 1.83 bits per heavy atom. The number of hydrogen-bond acceptors (Lipinski definition) is 1. The van der Waals surface area contributed by atoms with Crippen LogP contribution in [-0.2, 0) is 4.57 Å². The minimum atomic E-state index is -2.55. The Morgan fingerprint density at radius 1 is 1.67 bits per heavy atom. The smallest absolute Gasteiger partial charge is 0.306 e. The molecule has 0 fully saturated rings. The molecule has 1 atom stereocenters. The lowest BCUT2D eigenvalue weighted by atomic mass is 13.9. The summed E-state index contributed by atoms with van der Waals surface area (Å²) in [6, 6.07) is 0. The zero-order valence-electron chi connectivity index (χ0n) is 2.51. The highest BCUT2D eigenvalue weighted by atomic mass is 35.5. The molecule has 0 saturated carbocycles. The average molecular weight is 149 g/mol. The summed E-state index contributed by atoms with van der Waals surface area (Å²) in [6.45, 7) is 0. The minimum Gasteiger partial charge on any atom is -0.306 e. The molecule has 0 spiro atoms. The molecule has 37 valence electrons. The zero-order valence-corrected chi connectivity index (χ0v) is 4.91. The Hall–Kier alpha value is 0.600. The van der Waals surface area contributed by atoms with Crippen LogP contribution in [0.1, 0.15) is 0 Å². The molecule has 0 rings (SSSR count). The Balaban J connectivity index is 3.26. The Kier molecular flexibility index (Phi) is 2.99. The van der Waals surface area contributed by atoms with Crippen LogP contribution in [0.2, 0.25) is 0 Å². The lowest BCUT2D eigenvalue weighted by molar-refractivity contribution is 0.486. The van der Waals surface area contributed by atoms with Gasteiger partial charge in [0.1, 0.15) is 0 Å². The van der Waals surface area contributed by atoms with E-state index >= 15 is 0 Å². The third-order valence-electron chi connectivity index (χ3n) is 0.129. The number of halogens is 2. The van der Waals surface area contributed by atoms with E-state index in [-0.39, 0.29) is 3.71 Å². The first-order valence-corrected chi connectivity index (χ1v) is 2.76. The normalized spacial score (nSPS) is 12.3. The summed E-state index contributed by atoms with van der Waals surface area (Å²) in [5.74, 6) is 0. The average Bonchev–Trinajstić information content (AvgIpc) is 1.36. The Bertz CT molecular complexity index is 62.6. The Morgan fingerprint density at radius 2 is 1.83 bits per heavy atom. The fourth-order valence-corrected chi connectivity index (χ4v) is 0. The van der Waals surface area contributed by atoms with Gasteiger partial charge in [0.25, 0.3) is 0 Å². The number of nitrogens with zero attached hydrogens (tertiary/aromatic N) is 1. The van der Waals surface area contributed by atoms with Crippen molar-refractivity contribution >= 4 is 31.7 Å². The van der Waals surface area contributed by atoms with E-state index in [0.29, 0.717) is 0 Å². The lowest BCUT2D eigenvalue weighted by Crippen LogP contribution is -1.75. The molecule has 0 aliphatic heterocycles. The summed E-state index contributed by atoms with van der Waals surface area (Å²) in [4.78, 5) is 7.80. The highest BCUT2D eigenvalue weighted by molar-refractivity contribution is 7.38. The van der Waals surface area contributed by atoms with Crippen molar-refractivity contribution in [3.63, 3.8) is 0 Å². The van der Waals surface area contributed by atoms with Crippen LogP contribution in [0.4, 0.5) is 0 Å². The standard InChI is InChI=1S/Cl2HNO2P/c1-3(2)6(4)5/h(H,4,5). The molecule has 0 aromatic rings. The van der Waals surface area contributed by atoms with E-state index in [9.17, 15) is 4.57 Å². The molecule has 0 amide bonds. The van der Waals surface area contributed by atoms with Gasteiger partial charge < -0.3 is 4.89 Å². The van der Waals surface area contributed by atoms with Crippen molar-refractivity contribution < 1.29 is 9.46 Å². The summed E-state index contributed by atoms with van der Waals surface area (Å²) in [6.07, 6.45) is 0. The third kappa shape index (κ3) is 2.82. The van der Waals surface area contributed by atoms with Crippen molar-refractivity contribution in [3.8, 4) is 0 Å². The Labute approximate surface area is 45.6 Å². The van der Waals surface area contributed by atoms with Crippen molar-refractivity contribution in [2.45, 2.75) is 0 Å². The van der Waals surface area contributed by atoms with Gasteiger partial charge in [0, 0.05) is 23.6 Å². The first-order chi connectivity index (χ1) is 2.64. The fourth-order valence-electron chi connectivity index (χ4n) is 0. The van der Waals surface area contributed by atoms with E-state index in [1.165, 1.54) is 0 Å². The molecular formula is HCl2NO2P. The van der Waals surface area contributed by atoms with E-state index < -0.39 is 8.18 Å². The van der Waals surface area contributed by atoms with E-state index in [2.05, 4.69) is 23.6 Å². The summed E-state index contributed by atoms with van der Waals surface area (Å²) in [5.41, 5.74) is 0. The van der Waals surface area contributed by atoms with Gasteiger partial charge in [-0.3, -0.25) is 0 Å². The highest BCUT2D eigenvalue weighted by Gasteiger charge is 1.99. The molecule has 0 aromatic carbocycles. The maximum absolute atomic E-state index is 9.51. The van der Waals surface area contributed by atoms with Crippen LogP contribution < -0.4 is 0 Å². The summed E-state index contributed by atoms with van der Waals surface area (Å²) in [5, 5.41) is 0. The molecule has 6 heteroatoms. The summed E-state index contributed by atoms with van der Waals surface area (Å²) < 4.78 is 9.69. The largest absolute Gasteiger partial charge is 0.325 e. The predicted octanol–water partition coefficient (Wildman–Crippen LogP) is 1.25. The van der Waals surface area contributed by atoms with Gasteiger partial charge in [-0.15, -0.1) is 0 Å². The van der Waals surface area contributed by atoms with Crippen LogP contribution >= 0.6 is 31.7 Å². The van der Waals surface area contributed by atoms with E-state index in [0.717, 1.165) is 0 Å². The molecule has 0 aromatic heterocycles. The van der Waals surface area contributed by atoms with Crippen molar-refractivity contribution in [2.75, 3.05) is 0 Å². The fraction of sp³-hybridized carbons (Fsp3) is 0. The maximum atomic E-state index is 9.51. The van der Waals surface area contributed by atoms with Gasteiger partial charge in [-0.2, -0.15) is 0 Å². The molecule has 3 nitrogen and oxygen atoms in total. The van der Waals surface area contributed by atoms with Gasteiger partial charge in [0.15, 0.2) is 0 Å². The maximum Gasteiger partial charge on any atom is 0.325 e. The van der Waals surface area contributed by atoms with Crippen LogP contribution in [0, 0.1) is 0 Å². The van der Waals surface area contributed by atoms with E-state index in [1.54, 1.807) is 0 Å². The molecule has 0 aliphatic carbocycles. The van der Waals surface area contributed by atoms with Crippen molar-refractivity contribution in [2.24, 2.45) is 0 Å². The monoisotopic (exact) mass is 148 g/mol. The zero-order chi connectivity index (χ0) is 5.15. The van der Waals surface area contributed by atoms with Gasteiger partial charge in [-0.25, -0.2) is 4.57 Å². The van der Waals surface area contributed by atoms with Crippen LogP contribution in [0.3, 0.4) is 0 Å². The number of hydrogen-bond donors (Lipinski definition) is 1. The van der Waals surface area contributed by atoms with Gasteiger partial charge >= 0.3 is 8.18 Å². The third-order valence-corrected chi connectivity index (χ3v) is 1.16. The molecule has 0 bridgehead atoms. The summed E-state index contributed by atoms with van der Waals surface area (Å²) in [7, 11) is -2.55. The lowest BCUT2D eigenvalue weighted by Gasteiger charge is -1.88. The first kappa shape index (κ1) is 6.60. The van der Waals surface area contributed by atoms with Crippen LogP contribution in [-0.4, -0.2) is 8.60 Å². The quantitative estimate of drug-likeness (QED) is 0.450. The molecule has 6 heavy (non-hydrogen) atoms. The van der Waals surface area contributed by atoms with E-state index in [4.69, 9.17) is 4.89 Å². The van der Waals surface area contributed by atoms with Gasteiger partial charge in [0.2, 0.25) is 0 Å². The molecule has 1 unspecified atom stereocenters. The van der Waals surface area contributed by atoms with Gasteiger partial charge in [-0.1, -0.05) is 0 Å². The SMILES string of the molecule is O=[P](O)N(Cl)Cl. The molecule has 1 N–H and O–H groups in total. The topological polar surface area (TPSA) is 40.5 Å².